The Morgan fingerprint density at radius 3 is 3.00 bits per heavy atom. The third-order valence-corrected chi connectivity index (χ3v) is 2.14. The number of hydrogen-bond donors (Lipinski definition) is 3. The smallest absolute Gasteiger partial charge is 0.277 e. The summed E-state index contributed by atoms with van der Waals surface area (Å²) in [6.07, 6.45) is 1.34. The number of hydrogen-bond acceptors (Lipinski definition) is 5. The van der Waals surface area contributed by atoms with E-state index in [2.05, 4.69) is 20.7 Å². The highest BCUT2D eigenvalue weighted by atomic mass is 16.5. The van der Waals surface area contributed by atoms with Gasteiger partial charge in [-0.3, -0.25) is 4.79 Å². The van der Waals surface area contributed by atoms with Crippen LogP contribution in [0.25, 0.3) is 0 Å². The molecule has 0 bridgehead atoms. The van der Waals surface area contributed by atoms with Crippen molar-refractivity contribution >= 4 is 17.3 Å². The van der Waals surface area contributed by atoms with Crippen LogP contribution in [0.1, 0.15) is 10.5 Å². The molecule has 7 nitrogen and oxygen atoms in total. The van der Waals surface area contributed by atoms with Gasteiger partial charge in [0.05, 0.1) is 19.0 Å². The number of ether oxygens (including phenoxy) is 1. The number of rotatable bonds is 3. The molecule has 1 aromatic carbocycles. The maximum Gasteiger partial charge on any atom is 0.277 e. The van der Waals surface area contributed by atoms with Crippen molar-refractivity contribution < 1.29 is 9.53 Å². The molecule has 0 aliphatic rings. The maximum absolute atomic E-state index is 11.7. The maximum atomic E-state index is 11.7. The first-order valence-corrected chi connectivity index (χ1v) is 4.81. The summed E-state index contributed by atoms with van der Waals surface area (Å²) in [6, 6.07) is 4.96. The minimum absolute atomic E-state index is 0.209. The van der Waals surface area contributed by atoms with E-state index in [1.165, 1.54) is 13.3 Å². The van der Waals surface area contributed by atoms with Crippen LogP contribution in [0.3, 0.4) is 0 Å². The number of benzene rings is 1. The van der Waals surface area contributed by atoms with Gasteiger partial charge in [0.1, 0.15) is 5.75 Å². The second-order valence-corrected chi connectivity index (χ2v) is 3.27. The normalized spacial score (nSPS) is 9.94. The van der Waals surface area contributed by atoms with E-state index in [0.29, 0.717) is 17.1 Å². The number of nitrogens with two attached hydrogens (primary N) is 1. The number of amides is 1. The fourth-order valence-electron chi connectivity index (χ4n) is 1.30. The topological polar surface area (TPSA) is 106 Å². The van der Waals surface area contributed by atoms with Gasteiger partial charge in [0, 0.05) is 11.8 Å². The summed E-state index contributed by atoms with van der Waals surface area (Å²) in [6.45, 7) is 0. The Kier molecular flexibility index (Phi) is 2.91. The van der Waals surface area contributed by atoms with Gasteiger partial charge < -0.3 is 15.8 Å². The zero-order valence-electron chi connectivity index (χ0n) is 9.10. The SMILES string of the molecule is COc1cc(NC(=O)c2cn[nH]n2)ccc1N. The molecule has 0 spiro atoms. The number of nitrogen functional groups attached to an aromatic ring is 1. The highest BCUT2D eigenvalue weighted by molar-refractivity contribution is 6.02. The highest BCUT2D eigenvalue weighted by Gasteiger charge is 2.09. The largest absolute Gasteiger partial charge is 0.495 e. The van der Waals surface area contributed by atoms with Crippen LogP contribution >= 0.6 is 0 Å². The number of H-pyrrole nitrogens is 1. The molecule has 88 valence electrons. The monoisotopic (exact) mass is 233 g/mol. The van der Waals surface area contributed by atoms with Crippen molar-refractivity contribution in [1.82, 2.24) is 15.4 Å². The molecule has 4 N–H and O–H groups in total. The van der Waals surface area contributed by atoms with E-state index in [1.54, 1.807) is 18.2 Å². The Morgan fingerprint density at radius 2 is 2.35 bits per heavy atom. The highest BCUT2D eigenvalue weighted by Crippen LogP contribution is 2.25. The first-order chi connectivity index (χ1) is 8.20. The van der Waals surface area contributed by atoms with Crippen molar-refractivity contribution in [3.63, 3.8) is 0 Å². The number of aromatic amines is 1. The van der Waals surface area contributed by atoms with Crippen LogP contribution in [0.2, 0.25) is 0 Å². The Morgan fingerprint density at radius 1 is 1.53 bits per heavy atom. The Balaban J connectivity index is 2.16. The van der Waals surface area contributed by atoms with Gasteiger partial charge >= 0.3 is 0 Å². The molecule has 0 saturated carbocycles. The van der Waals surface area contributed by atoms with Gasteiger partial charge in [0.2, 0.25) is 0 Å². The van der Waals surface area contributed by atoms with E-state index in [0.717, 1.165) is 0 Å². The number of aromatic nitrogens is 3. The molecule has 0 fully saturated rings. The van der Waals surface area contributed by atoms with E-state index in [4.69, 9.17) is 10.5 Å². The summed E-state index contributed by atoms with van der Waals surface area (Å²) in [7, 11) is 1.51. The van der Waals surface area contributed by atoms with Crippen LogP contribution in [0.5, 0.6) is 5.75 Å². The molecule has 0 saturated heterocycles. The van der Waals surface area contributed by atoms with Gasteiger partial charge in [-0.1, -0.05) is 0 Å². The van der Waals surface area contributed by atoms with E-state index in [-0.39, 0.29) is 11.6 Å². The quantitative estimate of drug-likeness (QED) is 0.675. The third kappa shape index (κ3) is 2.33. The number of methoxy groups -OCH3 is 1. The molecule has 7 heteroatoms. The molecule has 2 aromatic rings. The number of carbonyl (C=O) groups excluding carboxylic acids is 1. The van der Waals surface area contributed by atoms with Crippen molar-refractivity contribution in [2.75, 3.05) is 18.2 Å². The zero-order valence-corrected chi connectivity index (χ0v) is 9.10. The minimum atomic E-state index is -0.356. The summed E-state index contributed by atoms with van der Waals surface area (Å²) in [5.41, 5.74) is 6.95. The Labute approximate surface area is 97.0 Å². The molecule has 0 unspecified atom stereocenters. The summed E-state index contributed by atoms with van der Waals surface area (Å²) < 4.78 is 5.05. The molecular formula is C10H11N5O2. The van der Waals surface area contributed by atoms with Gasteiger partial charge in [0.25, 0.3) is 5.91 Å². The van der Waals surface area contributed by atoms with E-state index in [1.807, 2.05) is 0 Å². The van der Waals surface area contributed by atoms with Crippen LogP contribution in [-0.2, 0) is 0 Å². The summed E-state index contributed by atoms with van der Waals surface area (Å²) in [4.78, 5) is 11.7. The molecular weight excluding hydrogens is 222 g/mol. The summed E-state index contributed by atoms with van der Waals surface area (Å²) in [5.74, 6) is 0.147. The third-order valence-electron chi connectivity index (χ3n) is 2.14. The number of nitrogens with one attached hydrogen (secondary N) is 2. The molecule has 1 heterocycles. The van der Waals surface area contributed by atoms with E-state index < -0.39 is 0 Å². The van der Waals surface area contributed by atoms with Crippen LogP contribution in [0.15, 0.2) is 24.4 Å². The molecule has 17 heavy (non-hydrogen) atoms. The zero-order chi connectivity index (χ0) is 12.3. The van der Waals surface area contributed by atoms with Crippen LogP contribution in [0.4, 0.5) is 11.4 Å². The average Bonchev–Trinajstić information content (AvgIpc) is 2.85. The molecule has 0 atom stereocenters. The van der Waals surface area contributed by atoms with E-state index in [9.17, 15) is 4.79 Å². The van der Waals surface area contributed by atoms with Gasteiger partial charge in [0.15, 0.2) is 5.69 Å². The van der Waals surface area contributed by atoms with Gasteiger partial charge in [-0.25, -0.2) is 0 Å². The standard InChI is InChI=1S/C10H11N5O2/c1-17-9-4-6(2-3-7(9)11)13-10(16)8-5-12-15-14-8/h2-5H,11H2,1H3,(H,13,16)(H,12,14,15). The van der Waals surface area contributed by atoms with Crippen LogP contribution in [0, 0.1) is 0 Å². The van der Waals surface area contributed by atoms with Crippen molar-refractivity contribution in [2.45, 2.75) is 0 Å². The second-order valence-electron chi connectivity index (χ2n) is 3.27. The van der Waals surface area contributed by atoms with E-state index >= 15 is 0 Å². The lowest BCUT2D eigenvalue weighted by Gasteiger charge is -2.07. The predicted octanol–water partition coefficient (Wildman–Crippen LogP) is 0.648. The lowest BCUT2D eigenvalue weighted by Crippen LogP contribution is -2.12. The van der Waals surface area contributed by atoms with Crippen molar-refractivity contribution in [2.24, 2.45) is 0 Å². The summed E-state index contributed by atoms with van der Waals surface area (Å²) >= 11 is 0. The lowest BCUT2D eigenvalue weighted by molar-refractivity contribution is 0.102. The van der Waals surface area contributed by atoms with Gasteiger partial charge in [-0.15, -0.1) is 0 Å². The molecule has 0 radical (unpaired) electrons. The number of anilines is 2. The molecule has 1 aromatic heterocycles. The number of nitrogens with zero attached hydrogens (tertiary/aromatic N) is 2. The van der Waals surface area contributed by atoms with Crippen molar-refractivity contribution in [3.8, 4) is 5.75 Å². The molecule has 0 aliphatic heterocycles. The predicted molar refractivity (Wildman–Crippen MR) is 61.7 cm³/mol. The van der Waals surface area contributed by atoms with Crippen LogP contribution in [-0.4, -0.2) is 28.4 Å². The second kappa shape index (κ2) is 4.52. The first kappa shape index (κ1) is 10.9. The Hall–Kier alpha value is -2.57. The Bertz CT molecular complexity index is 523. The minimum Gasteiger partial charge on any atom is -0.495 e. The van der Waals surface area contributed by atoms with Gasteiger partial charge in [-0.05, 0) is 12.1 Å². The summed E-state index contributed by atoms with van der Waals surface area (Å²) in [5, 5.41) is 12.2. The molecule has 2 rings (SSSR count). The fourth-order valence-corrected chi connectivity index (χ4v) is 1.30. The average molecular weight is 233 g/mol. The molecule has 0 aliphatic carbocycles. The fraction of sp³-hybridized carbons (Fsp3) is 0.100. The first-order valence-electron chi connectivity index (χ1n) is 4.81. The lowest BCUT2D eigenvalue weighted by atomic mass is 10.2. The molecule has 1 amide bonds. The number of carbonyl (C=O) groups is 1. The van der Waals surface area contributed by atoms with Crippen molar-refractivity contribution in [3.05, 3.63) is 30.1 Å². The van der Waals surface area contributed by atoms with Gasteiger partial charge in [-0.2, -0.15) is 15.4 Å². The van der Waals surface area contributed by atoms with Crippen molar-refractivity contribution in [1.29, 1.82) is 0 Å². The van der Waals surface area contributed by atoms with Crippen LogP contribution < -0.4 is 15.8 Å².